The van der Waals surface area contributed by atoms with Crippen molar-refractivity contribution < 1.29 is 5.11 Å². The molecule has 1 fully saturated rings. The van der Waals surface area contributed by atoms with Crippen LogP contribution < -0.4 is 5.56 Å². The summed E-state index contributed by atoms with van der Waals surface area (Å²) in [5, 5.41) is 11.9. The van der Waals surface area contributed by atoms with Crippen LogP contribution in [0.5, 0.6) is 0 Å². The Labute approximate surface area is 206 Å². The third-order valence-corrected chi connectivity index (χ3v) is 7.17. The summed E-state index contributed by atoms with van der Waals surface area (Å²) in [7, 11) is 1.82. The lowest BCUT2D eigenvalue weighted by Crippen LogP contribution is -2.33. The lowest BCUT2D eigenvalue weighted by molar-refractivity contribution is 0.121. The fourth-order valence-electron chi connectivity index (χ4n) is 5.11. The maximum Gasteiger partial charge on any atom is 0.250 e. The van der Waals surface area contributed by atoms with Crippen molar-refractivity contribution >= 4 is 0 Å². The Hall–Kier alpha value is -3.54. The molecular formula is C30H31N3O2. The summed E-state index contributed by atoms with van der Waals surface area (Å²) in [5.74, 6) is 0.500. The largest absolute Gasteiger partial charge is 0.374 e. The number of aryl methyl sites for hydroxylation is 1. The van der Waals surface area contributed by atoms with Crippen molar-refractivity contribution in [2.45, 2.75) is 30.9 Å². The van der Waals surface area contributed by atoms with E-state index in [9.17, 15) is 9.90 Å². The van der Waals surface area contributed by atoms with E-state index in [1.807, 2.05) is 80.0 Å². The van der Waals surface area contributed by atoms with E-state index < -0.39 is 5.60 Å². The lowest BCUT2D eigenvalue weighted by atomic mass is 9.83. The molecule has 0 radical (unpaired) electrons. The average Bonchev–Trinajstić information content (AvgIpc) is 2.92. The second kappa shape index (κ2) is 9.98. The van der Waals surface area contributed by atoms with Gasteiger partial charge in [0.25, 0.3) is 0 Å². The van der Waals surface area contributed by atoms with Gasteiger partial charge in [0.15, 0.2) is 5.60 Å². The monoisotopic (exact) mass is 465 g/mol. The number of aromatic nitrogens is 2. The van der Waals surface area contributed by atoms with Gasteiger partial charge < -0.3 is 9.67 Å². The first-order valence-electron chi connectivity index (χ1n) is 12.2. The number of nitrogens with zero attached hydrogens (tertiary/aromatic N) is 3. The van der Waals surface area contributed by atoms with Crippen LogP contribution in [0.15, 0.2) is 102 Å². The average molecular weight is 466 g/mol. The summed E-state index contributed by atoms with van der Waals surface area (Å²) in [5.41, 5.74) is 3.43. The van der Waals surface area contributed by atoms with Gasteiger partial charge in [-0.3, -0.25) is 14.7 Å². The number of likely N-dealkylation sites (tertiary alicyclic amines) is 1. The maximum absolute atomic E-state index is 11.9. The molecular weight excluding hydrogens is 434 g/mol. The molecule has 1 N–H and O–H groups in total. The van der Waals surface area contributed by atoms with Crippen LogP contribution in [0.3, 0.4) is 0 Å². The van der Waals surface area contributed by atoms with Gasteiger partial charge in [0.1, 0.15) is 0 Å². The quantitative estimate of drug-likeness (QED) is 0.457. The van der Waals surface area contributed by atoms with Gasteiger partial charge in [-0.25, -0.2) is 0 Å². The second-order valence-electron chi connectivity index (χ2n) is 9.45. The van der Waals surface area contributed by atoms with Crippen LogP contribution in [-0.4, -0.2) is 32.6 Å². The van der Waals surface area contributed by atoms with Crippen LogP contribution in [0.4, 0.5) is 0 Å². The molecule has 4 aromatic rings. The molecule has 2 aromatic carbocycles. The number of hydrogen-bond donors (Lipinski definition) is 1. The fourth-order valence-corrected chi connectivity index (χ4v) is 5.11. The van der Waals surface area contributed by atoms with E-state index in [1.54, 1.807) is 16.8 Å². The van der Waals surface area contributed by atoms with Gasteiger partial charge in [-0.05, 0) is 66.2 Å². The summed E-state index contributed by atoms with van der Waals surface area (Å²) in [4.78, 5) is 18.7. The summed E-state index contributed by atoms with van der Waals surface area (Å²) in [6.45, 7) is 2.93. The molecule has 1 aliphatic rings. The molecule has 1 saturated heterocycles. The molecule has 5 heteroatoms. The standard InChI is InChI=1S/C30H31N3O2/c1-32-22-25(12-15-29(32)34)24-16-19-33(20-17-24)21-23-10-13-27(14-11-23)30(35,26-7-3-2-4-8-26)28-9-5-6-18-31-28/h2-15,18,22,24,35H,16-17,19-21H2,1H3. The minimum Gasteiger partial charge on any atom is -0.374 e. The number of rotatable bonds is 6. The molecule has 0 saturated carbocycles. The van der Waals surface area contributed by atoms with Gasteiger partial charge in [-0.2, -0.15) is 0 Å². The Bertz CT molecular complexity index is 1270. The molecule has 0 bridgehead atoms. The van der Waals surface area contributed by atoms with Crippen molar-refractivity contribution in [3.05, 3.63) is 136 Å². The van der Waals surface area contributed by atoms with Gasteiger partial charge in [-0.15, -0.1) is 0 Å². The summed E-state index contributed by atoms with van der Waals surface area (Å²) in [6, 6.07) is 27.3. The molecule has 1 atom stereocenters. The molecule has 1 unspecified atom stereocenters. The van der Waals surface area contributed by atoms with Gasteiger partial charge in [0, 0.05) is 32.1 Å². The number of hydrogen-bond acceptors (Lipinski definition) is 4. The Morgan fingerprint density at radius 2 is 1.57 bits per heavy atom. The highest BCUT2D eigenvalue weighted by Gasteiger charge is 2.35. The molecule has 0 spiro atoms. The lowest BCUT2D eigenvalue weighted by Gasteiger charge is -2.32. The Morgan fingerprint density at radius 3 is 2.23 bits per heavy atom. The normalized spacial score (nSPS) is 16.6. The third kappa shape index (κ3) is 4.83. The van der Waals surface area contributed by atoms with E-state index in [-0.39, 0.29) is 5.56 Å². The van der Waals surface area contributed by atoms with Crippen molar-refractivity contribution in [3.8, 4) is 0 Å². The molecule has 5 rings (SSSR count). The molecule has 1 aliphatic heterocycles. The van der Waals surface area contributed by atoms with Crippen LogP contribution in [0.1, 0.15) is 46.7 Å². The smallest absolute Gasteiger partial charge is 0.250 e. The first-order valence-corrected chi connectivity index (χ1v) is 12.2. The minimum absolute atomic E-state index is 0.0387. The van der Waals surface area contributed by atoms with Crippen LogP contribution >= 0.6 is 0 Å². The van der Waals surface area contributed by atoms with Gasteiger partial charge in [0.05, 0.1) is 5.69 Å². The number of benzene rings is 2. The van der Waals surface area contributed by atoms with E-state index in [0.717, 1.165) is 43.6 Å². The summed E-state index contributed by atoms with van der Waals surface area (Å²) < 4.78 is 1.67. The Kier molecular flexibility index (Phi) is 6.62. The number of piperidine rings is 1. The molecule has 178 valence electrons. The molecule has 3 heterocycles. The second-order valence-corrected chi connectivity index (χ2v) is 9.45. The topological polar surface area (TPSA) is 58.4 Å². The van der Waals surface area contributed by atoms with E-state index in [0.29, 0.717) is 11.6 Å². The maximum atomic E-state index is 11.9. The molecule has 0 aliphatic carbocycles. The van der Waals surface area contributed by atoms with E-state index in [2.05, 4.69) is 22.0 Å². The van der Waals surface area contributed by atoms with Crippen molar-refractivity contribution in [1.29, 1.82) is 0 Å². The highest BCUT2D eigenvalue weighted by molar-refractivity contribution is 5.45. The summed E-state index contributed by atoms with van der Waals surface area (Å²) >= 11 is 0. The molecule has 0 amide bonds. The zero-order valence-corrected chi connectivity index (χ0v) is 20.0. The van der Waals surface area contributed by atoms with Gasteiger partial charge in [-0.1, -0.05) is 66.7 Å². The summed E-state index contributed by atoms with van der Waals surface area (Å²) in [6.07, 6.45) is 5.88. The van der Waals surface area contributed by atoms with Crippen molar-refractivity contribution in [2.24, 2.45) is 7.05 Å². The van der Waals surface area contributed by atoms with Crippen LogP contribution in [0.25, 0.3) is 0 Å². The van der Waals surface area contributed by atoms with Crippen molar-refractivity contribution in [1.82, 2.24) is 14.5 Å². The molecule has 35 heavy (non-hydrogen) atoms. The first-order chi connectivity index (χ1) is 17.0. The fraction of sp³-hybridized carbons (Fsp3) is 0.267. The zero-order valence-electron chi connectivity index (χ0n) is 20.0. The Morgan fingerprint density at radius 1 is 0.886 bits per heavy atom. The molecule has 2 aromatic heterocycles. The zero-order chi connectivity index (χ0) is 24.3. The van der Waals surface area contributed by atoms with Gasteiger partial charge >= 0.3 is 0 Å². The predicted molar refractivity (Wildman–Crippen MR) is 138 cm³/mol. The van der Waals surface area contributed by atoms with E-state index in [4.69, 9.17) is 0 Å². The molecule has 5 nitrogen and oxygen atoms in total. The highest BCUT2D eigenvalue weighted by atomic mass is 16.3. The minimum atomic E-state index is -1.31. The van der Waals surface area contributed by atoms with Crippen molar-refractivity contribution in [2.75, 3.05) is 13.1 Å². The highest BCUT2D eigenvalue weighted by Crippen LogP contribution is 2.35. The van der Waals surface area contributed by atoms with Crippen LogP contribution in [0.2, 0.25) is 0 Å². The number of aliphatic hydroxyl groups is 1. The van der Waals surface area contributed by atoms with Gasteiger partial charge in [0.2, 0.25) is 5.56 Å². The number of pyridine rings is 2. The van der Waals surface area contributed by atoms with E-state index >= 15 is 0 Å². The first kappa shape index (κ1) is 23.2. The third-order valence-electron chi connectivity index (χ3n) is 7.17. The van der Waals surface area contributed by atoms with Crippen LogP contribution in [-0.2, 0) is 19.2 Å². The predicted octanol–water partition coefficient (Wildman–Crippen LogP) is 4.44. The van der Waals surface area contributed by atoms with E-state index in [1.165, 1.54) is 11.1 Å². The van der Waals surface area contributed by atoms with Crippen LogP contribution in [0, 0.1) is 0 Å². The Balaban J connectivity index is 1.30. The SMILES string of the molecule is Cn1cc(C2CCN(Cc3ccc(C(O)(c4ccccc4)c4ccccn4)cc3)CC2)ccc1=O. The van der Waals surface area contributed by atoms with Crippen molar-refractivity contribution in [3.63, 3.8) is 0 Å².